The van der Waals surface area contributed by atoms with Gasteiger partial charge in [-0.15, -0.1) is 11.3 Å². The molecule has 3 heterocycles. The number of thiazole rings is 1. The summed E-state index contributed by atoms with van der Waals surface area (Å²) in [4.78, 5) is 47.7. The molecule has 1 aromatic heterocycles. The number of nitrogens with zero attached hydrogens (tertiary/aromatic N) is 4. The number of carbonyl (C=O) groups is 3. The van der Waals surface area contributed by atoms with Crippen LogP contribution in [0.2, 0.25) is 0 Å². The van der Waals surface area contributed by atoms with E-state index in [0.29, 0.717) is 43.4 Å². The van der Waals surface area contributed by atoms with E-state index in [1.807, 2.05) is 72.8 Å². The summed E-state index contributed by atoms with van der Waals surface area (Å²) in [6.45, 7) is 2.58. The van der Waals surface area contributed by atoms with Crippen LogP contribution in [0.15, 0.2) is 84.4 Å². The van der Waals surface area contributed by atoms with Gasteiger partial charge in [0.05, 0.1) is 0 Å². The zero-order valence-electron chi connectivity index (χ0n) is 21.6. The number of amides is 3. The van der Waals surface area contributed by atoms with Crippen LogP contribution in [0.1, 0.15) is 27.5 Å². The van der Waals surface area contributed by atoms with Crippen LogP contribution >= 0.6 is 11.3 Å². The monoisotopic (exact) mass is 553 g/mol. The zero-order valence-corrected chi connectivity index (χ0v) is 22.4. The Kier molecular flexibility index (Phi) is 6.91. The highest BCUT2D eigenvalue weighted by Gasteiger charge is 2.37. The summed E-state index contributed by atoms with van der Waals surface area (Å²) in [6, 6.07) is 22.5. The maximum atomic E-state index is 13.7. The van der Waals surface area contributed by atoms with Crippen LogP contribution in [0.25, 0.3) is 11.1 Å². The van der Waals surface area contributed by atoms with Gasteiger partial charge < -0.3 is 19.8 Å². The van der Waals surface area contributed by atoms with Crippen molar-refractivity contribution in [2.75, 3.05) is 36.4 Å². The standard InChI is InChI=1S/C30H27N5O4S/c36-27(32-29-31-12-17-40-29)26(21-4-2-1-3-5-21)35-19-23-7-6-22(18-25(23)28(35)37)20-8-10-24(11-9-20)33-13-15-34(16-14-33)30(38)39/h1-12,17-18,26H,13-16,19H2,(H,38,39)(H,31,32,36). The van der Waals surface area contributed by atoms with Gasteiger partial charge in [0.2, 0.25) is 0 Å². The third-order valence-electron chi connectivity index (χ3n) is 7.40. The first-order chi connectivity index (χ1) is 19.5. The second kappa shape index (κ2) is 10.8. The zero-order chi connectivity index (χ0) is 27.6. The Morgan fingerprint density at radius 2 is 1.65 bits per heavy atom. The van der Waals surface area contributed by atoms with Crippen molar-refractivity contribution in [1.82, 2.24) is 14.8 Å². The molecule has 2 aliphatic heterocycles. The minimum atomic E-state index is -0.880. The average Bonchev–Trinajstić information content (AvgIpc) is 3.61. The Morgan fingerprint density at radius 1 is 0.925 bits per heavy atom. The molecule has 1 saturated heterocycles. The quantitative estimate of drug-likeness (QED) is 0.350. The van der Waals surface area contributed by atoms with E-state index in [1.54, 1.807) is 16.5 Å². The lowest BCUT2D eigenvalue weighted by Gasteiger charge is -2.34. The number of carboxylic acid groups (broad SMARTS) is 1. The molecule has 4 aromatic rings. The lowest BCUT2D eigenvalue weighted by molar-refractivity contribution is -0.120. The van der Waals surface area contributed by atoms with Gasteiger partial charge in [-0.1, -0.05) is 54.6 Å². The van der Waals surface area contributed by atoms with Gasteiger partial charge in [-0.2, -0.15) is 0 Å². The number of carbonyl (C=O) groups excluding carboxylic acids is 2. The molecule has 0 aliphatic carbocycles. The molecule has 6 rings (SSSR count). The Bertz CT molecular complexity index is 1530. The van der Waals surface area contributed by atoms with E-state index in [2.05, 4.69) is 15.2 Å². The molecule has 3 amide bonds. The predicted octanol–water partition coefficient (Wildman–Crippen LogP) is 4.95. The molecule has 0 radical (unpaired) electrons. The molecule has 202 valence electrons. The van der Waals surface area contributed by atoms with E-state index < -0.39 is 12.1 Å². The second-order valence-corrected chi connectivity index (χ2v) is 10.6. The topological polar surface area (TPSA) is 106 Å². The number of nitrogens with one attached hydrogen (secondary N) is 1. The van der Waals surface area contributed by atoms with Gasteiger partial charge >= 0.3 is 6.09 Å². The first-order valence-electron chi connectivity index (χ1n) is 13.0. The van der Waals surface area contributed by atoms with Gasteiger partial charge in [-0.25, -0.2) is 9.78 Å². The highest BCUT2D eigenvalue weighted by atomic mass is 32.1. The number of rotatable bonds is 6. The molecule has 10 heteroatoms. The molecule has 1 fully saturated rings. The Morgan fingerprint density at radius 3 is 2.33 bits per heavy atom. The SMILES string of the molecule is O=C(Nc1nccs1)C(c1ccccc1)N1Cc2ccc(-c3ccc(N4CCN(C(=O)O)CC4)cc3)cc2C1=O. The van der Waals surface area contributed by atoms with Crippen molar-refractivity contribution in [1.29, 1.82) is 0 Å². The van der Waals surface area contributed by atoms with Crippen LogP contribution in [0.3, 0.4) is 0 Å². The van der Waals surface area contributed by atoms with Crippen LogP contribution in [0.4, 0.5) is 15.6 Å². The lowest BCUT2D eigenvalue weighted by Crippen LogP contribution is -2.48. The molecule has 3 aromatic carbocycles. The van der Waals surface area contributed by atoms with Gasteiger partial charge in [-0.05, 0) is 40.5 Å². The fraction of sp³-hybridized carbons (Fsp3) is 0.200. The number of aromatic nitrogens is 1. The van der Waals surface area contributed by atoms with Gasteiger partial charge in [0, 0.05) is 55.6 Å². The molecular weight excluding hydrogens is 526 g/mol. The molecule has 0 bridgehead atoms. The molecule has 1 unspecified atom stereocenters. The van der Waals surface area contributed by atoms with E-state index in [1.165, 1.54) is 16.2 Å². The van der Waals surface area contributed by atoms with Gasteiger partial charge in [0.25, 0.3) is 11.8 Å². The number of fused-ring (bicyclic) bond motifs is 1. The van der Waals surface area contributed by atoms with E-state index in [4.69, 9.17) is 0 Å². The van der Waals surface area contributed by atoms with Crippen molar-refractivity contribution >= 4 is 40.1 Å². The van der Waals surface area contributed by atoms with E-state index in [0.717, 1.165) is 27.9 Å². The largest absolute Gasteiger partial charge is 0.465 e. The molecule has 0 saturated carbocycles. The van der Waals surface area contributed by atoms with Crippen LogP contribution < -0.4 is 10.2 Å². The number of piperazine rings is 1. The van der Waals surface area contributed by atoms with Crippen LogP contribution in [0.5, 0.6) is 0 Å². The third kappa shape index (κ3) is 5.01. The number of benzene rings is 3. The normalized spacial score (nSPS) is 15.6. The first kappa shape index (κ1) is 25.6. The minimum Gasteiger partial charge on any atom is -0.465 e. The van der Waals surface area contributed by atoms with Crippen molar-refractivity contribution < 1.29 is 19.5 Å². The minimum absolute atomic E-state index is 0.187. The molecule has 2 aliphatic rings. The van der Waals surface area contributed by atoms with Crippen molar-refractivity contribution in [2.45, 2.75) is 12.6 Å². The second-order valence-electron chi connectivity index (χ2n) is 9.75. The number of hydrogen-bond donors (Lipinski definition) is 2. The number of hydrogen-bond acceptors (Lipinski definition) is 6. The van der Waals surface area contributed by atoms with Crippen LogP contribution in [-0.4, -0.2) is 64.0 Å². The van der Waals surface area contributed by atoms with E-state index in [-0.39, 0.29) is 11.8 Å². The molecule has 0 spiro atoms. The van der Waals surface area contributed by atoms with Crippen molar-refractivity contribution in [2.24, 2.45) is 0 Å². The van der Waals surface area contributed by atoms with Crippen LogP contribution in [-0.2, 0) is 11.3 Å². The predicted molar refractivity (Wildman–Crippen MR) is 153 cm³/mol. The summed E-state index contributed by atoms with van der Waals surface area (Å²) in [6.07, 6.45) is 0.747. The Labute approximate surface area is 235 Å². The Balaban J connectivity index is 1.22. The van der Waals surface area contributed by atoms with Gasteiger partial charge in [0.1, 0.15) is 6.04 Å². The smallest absolute Gasteiger partial charge is 0.407 e. The lowest BCUT2D eigenvalue weighted by atomic mass is 10.00. The van der Waals surface area contributed by atoms with E-state index >= 15 is 0 Å². The van der Waals surface area contributed by atoms with E-state index in [9.17, 15) is 19.5 Å². The van der Waals surface area contributed by atoms with Gasteiger partial charge in [-0.3, -0.25) is 14.9 Å². The molecule has 40 heavy (non-hydrogen) atoms. The van der Waals surface area contributed by atoms with Crippen molar-refractivity contribution in [3.63, 3.8) is 0 Å². The van der Waals surface area contributed by atoms with Gasteiger partial charge in [0.15, 0.2) is 5.13 Å². The average molecular weight is 554 g/mol. The molecule has 2 N–H and O–H groups in total. The highest BCUT2D eigenvalue weighted by Crippen LogP contribution is 2.35. The maximum Gasteiger partial charge on any atom is 0.407 e. The summed E-state index contributed by atoms with van der Waals surface area (Å²) in [7, 11) is 0. The number of anilines is 2. The highest BCUT2D eigenvalue weighted by molar-refractivity contribution is 7.13. The fourth-order valence-corrected chi connectivity index (χ4v) is 5.83. The van der Waals surface area contributed by atoms with Crippen molar-refractivity contribution in [3.05, 3.63) is 101 Å². The molecule has 1 atom stereocenters. The summed E-state index contributed by atoms with van der Waals surface area (Å²) in [5.74, 6) is -0.491. The summed E-state index contributed by atoms with van der Waals surface area (Å²) in [5.41, 5.74) is 5.13. The third-order valence-corrected chi connectivity index (χ3v) is 8.08. The molecule has 9 nitrogen and oxygen atoms in total. The molecular formula is C30H27N5O4S. The van der Waals surface area contributed by atoms with Crippen molar-refractivity contribution in [3.8, 4) is 11.1 Å². The maximum absolute atomic E-state index is 13.7. The Hall–Kier alpha value is -4.70. The first-order valence-corrected chi connectivity index (χ1v) is 13.9. The summed E-state index contributed by atoms with van der Waals surface area (Å²) in [5, 5.41) is 14.3. The van der Waals surface area contributed by atoms with Crippen LogP contribution in [0, 0.1) is 0 Å². The summed E-state index contributed by atoms with van der Waals surface area (Å²) < 4.78 is 0. The fourth-order valence-electron chi connectivity index (χ4n) is 5.30. The summed E-state index contributed by atoms with van der Waals surface area (Å²) >= 11 is 1.33.